The fourth-order valence-electron chi connectivity index (χ4n) is 1.38. The second kappa shape index (κ2) is 8.97. The van der Waals surface area contributed by atoms with Crippen LogP contribution < -0.4 is 10.6 Å². The minimum atomic E-state index is -0.450. The van der Waals surface area contributed by atoms with Gasteiger partial charge in [0.2, 0.25) is 0 Å². The number of hydrogen-bond acceptors (Lipinski definition) is 3. The van der Waals surface area contributed by atoms with Crippen molar-refractivity contribution in [3.63, 3.8) is 0 Å². The summed E-state index contributed by atoms with van der Waals surface area (Å²) in [5.41, 5.74) is 0.920. The fraction of sp³-hybridized carbons (Fsp3) is 0.429. The summed E-state index contributed by atoms with van der Waals surface area (Å²) in [6.07, 6.45) is 1.94. The lowest BCUT2D eigenvalue weighted by atomic mass is 10.2. The average Bonchev–Trinajstić information content (AvgIpc) is 2.44. The Morgan fingerprint density at radius 3 is 2.58 bits per heavy atom. The van der Waals surface area contributed by atoms with Crippen molar-refractivity contribution >= 4 is 12.0 Å². The van der Waals surface area contributed by atoms with Gasteiger partial charge in [-0.25, -0.2) is 4.79 Å². The lowest BCUT2D eigenvalue weighted by molar-refractivity contribution is -0.143. The van der Waals surface area contributed by atoms with E-state index >= 15 is 0 Å². The standard InChI is InChI=1S/C14H20N2O3/c1-2-3-9-15-14(18)16-10-13(17)19-11-12-7-5-4-6-8-12/h4-8H,2-3,9-11H2,1H3,(H2,15,16,18). The number of carbonyl (C=O) groups excluding carboxylic acids is 2. The molecule has 0 unspecified atom stereocenters. The molecule has 0 fully saturated rings. The van der Waals surface area contributed by atoms with Crippen LogP contribution in [0, 0.1) is 0 Å². The van der Waals surface area contributed by atoms with Crippen LogP contribution in [0.3, 0.4) is 0 Å². The highest BCUT2D eigenvalue weighted by atomic mass is 16.5. The monoisotopic (exact) mass is 264 g/mol. The first kappa shape index (κ1) is 15.0. The van der Waals surface area contributed by atoms with Gasteiger partial charge in [-0.3, -0.25) is 4.79 Å². The number of hydrogen-bond donors (Lipinski definition) is 2. The Morgan fingerprint density at radius 1 is 1.16 bits per heavy atom. The first-order valence-electron chi connectivity index (χ1n) is 6.43. The van der Waals surface area contributed by atoms with Crippen LogP contribution in [0.5, 0.6) is 0 Å². The van der Waals surface area contributed by atoms with Crippen molar-refractivity contribution in [2.75, 3.05) is 13.1 Å². The molecule has 0 heterocycles. The van der Waals surface area contributed by atoms with Crippen LogP contribution in [0.1, 0.15) is 25.3 Å². The number of nitrogens with one attached hydrogen (secondary N) is 2. The summed E-state index contributed by atoms with van der Waals surface area (Å²) in [4.78, 5) is 22.7. The zero-order valence-corrected chi connectivity index (χ0v) is 11.1. The number of amides is 2. The van der Waals surface area contributed by atoms with Crippen LogP contribution in [0.15, 0.2) is 30.3 Å². The molecule has 2 N–H and O–H groups in total. The lowest BCUT2D eigenvalue weighted by Crippen LogP contribution is -2.39. The SMILES string of the molecule is CCCCNC(=O)NCC(=O)OCc1ccccc1. The van der Waals surface area contributed by atoms with Gasteiger partial charge in [-0.2, -0.15) is 0 Å². The first-order chi connectivity index (χ1) is 9.22. The van der Waals surface area contributed by atoms with E-state index in [9.17, 15) is 9.59 Å². The van der Waals surface area contributed by atoms with Crippen molar-refractivity contribution < 1.29 is 14.3 Å². The smallest absolute Gasteiger partial charge is 0.325 e. The van der Waals surface area contributed by atoms with Crippen molar-refractivity contribution in [1.82, 2.24) is 10.6 Å². The summed E-state index contributed by atoms with van der Waals surface area (Å²) in [7, 11) is 0. The number of urea groups is 1. The average molecular weight is 264 g/mol. The third kappa shape index (κ3) is 7.08. The van der Waals surface area contributed by atoms with Crippen molar-refractivity contribution in [3.05, 3.63) is 35.9 Å². The van der Waals surface area contributed by atoms with Gasteiger partial charge in [0.25, 0.3) is 0 Å². The number of rotatable bonds is 7. The number of ether oxygens (including phenoxy) is 1. The van der Waals surface area contributed by atoms with Crippen LogP contribution in [0.2, 0.25) is 0 Å². The Kier molecular flexibility index (Phi) is 7.09. The zero-order valence-electron chi connectivity index (χ0n) is 11.1. The van der Waals surface area contributed by atoms with Crippen molar-refractivity contribution in [3.8, 4) is 0 Å². The maximum atomic E-state index is 11.4. The minimum absolute atomic E-state index is 0.120. The van der Waals surface area contributed by atoms with E-state index in [4.69, 9.17) is 4.74 Å². The summed E-state index contributed by atoms with van der Waals surface area (Å²) in [5, 5.41) is 5.11. The third-order valence-corrected chi connectivity index (χ3v) is 2.45. The fourth-order valence-corrected chi connectivity index (χ4v) is 1.38. The second-order valence-electron chi connectivity index (χ2n) is 4.11. The van der Waals surface area contributed by atoms with Crippen molar-refractivity contribution in [2.45, 2.75) is 26.4 Å². The Bertz CT molecular complexity index is 393. The molecule has 19 heavy (non-hydrogen) atoms. The van der Waals surface area contributed by atoms with Gasteiger partial charge in [0.05, 0.1) is 0 Å². The number of unbranched alkanes of at least 4 members (excludes halogenated alkanes) is 1. The molecule has 1 aromatic carbocycles. The summed E-state index contributed by atoms with van der Waals surface area (Å²) < 4.78 is 5.02. The zero-order chi connectivity index (χ0) is 13.9. The van der Waals surface area contributed by atoms with E-state index in [0.717, 1.165) is 18.4 Å². The molecule has 0 aliphatic rings. The highest BCUT2D eigenvalue weighted by molar-refractivity contribution is 5.80. The van der Waals surface area contributed by atoms with Gasteiger partial charge in [0.15, 0.2) is 0 Å². The number of carbonyl (C=O) groups is 2. The van der Waals surface area contributed by atoms with E-state index in [0.29, 0.717) is 6.54 Å². The predicted octanol–water partition coefficient (Wildman–Crippen LogP) is 1.83. The van der Waals surface area contributed by atoms with Crippen LogP contribution in [0.4, 0.5) is 4.79 Å². The van der Waals surface area contributed by atoms with E-state index < -0.39 is 5.97 Å². The number of benzene rings is 1. The van der Waals surface area contributed by atoms with Crippen LogP contribution >= 0.6 is 0 Å². The predicted molar refractivity (Wildman–Crippen MR) is 72.5 cm³/mol. The molecule has 104 valence electrons. The Hall–Kier alpha value is -2.04. The Morgan fingerprint density at radius 2 is 1.89 bits per heavy atom. The van der Waals surface area contributed by atoms with Crippen LogP contribution in [0.25, 0.3) is 0 Å². The van der Waals surface area contributed by atoms with E-state index in [-0.39, 0.29) is 19.2 Å². The molecule has 0 aromatic heterocycles. The van der Waals surface area contributed by atoms with E-state index in [1.54, 1.807) is 0 Å². The highest BCUT2D eigenvalue weighted by Gasteiger charge is 2.05. The van der Waals surface area contributed by atoms with Crippen molar-refractivity contribution in [1.29, 1.82) is 0 Å². The molecule has 0 aliphatic carbocycles. The quantitative estimate of drug-likeness (QED) is 0.583. The summed E-state index contributed by atoms with van der Waals surface area (Å²) in [6, 6.07) is 9.06. The van der Waals surface area contributed by atoms with Gasteiger partial charge >= 0.3 is 12.0 Å². The first-order valence-corrected chi connectivity index (χ1v) is 6.43. The molecular weight excluding hydrogens is 244 g/mol. The minimum Gasteiger partial charge on any atom is -0.460 e. The van der Waals surface area contributed by atoms with Gasteiger partial charge in [0.1, 0.15) is 13.2 Å². The molecule has 0 spiro atoms. The lowest BCUT2D eigenvalue weighted by Gasteiger charge is -2.07. The Labute approximate surface area is 113 Å². The molecule has 1 rings (SSSR count). The van der Waals surface area contributed by atoms with Gasteiger partial charge in [-0.05, 0) is 12.0 Å². The summed E-state index contributed by atoms with van der Waals surface area (Å²) in [6.45, 7) is 2.76. The van der Waals surface area contributed by atoms with Gasteiger partial charge in [-0.15, -0.1) is 0 Å². The molecule has 0 radical (unpaired) electrons. The second-order valence-corrected chi connectivity index (χ2v) is 4.11. The molecule has 0 aliphatic heterocycles. The van der Waals surface area contributed by atoms with E-state index in [2.05, 4.69) is 10.6 Å². The number of esters is 1. The van der Waals surface area contributed by atoms with E-state index in [1.807, 2.05) is 37.3 Å². The normalized spacial score (nSPS) is 9.74. The summed E-state index contributed by atoms with van der Waals surface area (Å²) in [5.74, 6) is -0.450. The van der Waals surface area contributed by atoms with E-state index in [1.165, 1.54) is 0 Å². The van der Waals surface area contributed by atoms with Crippen LogP contribution in [-0.2, 0) is 16.1 Å². The maximum Gasteiger partial charge on any atom is 0.325 e. The molecule has 0 atom stereocenters. The van der Waals surface area contributed by atoms with Crippen molar-refractivity contribution in [2.24, 2.45) is 0 Å². The van der Waals surface area contributed by atoms with Gasteiger partial charge < -0.3 is 15.4 Å². The molecule has 0 bridgehead atoms. The highest BCUT2D eigenvalue weighted by Crippen LogP contribution is 2.00. The summed E-state index contributed by atoms with van der Waals surface area (Å²) >= 11 is 0. The molecule has 1 aromatic rings. The Balaban J connectivity index is 2.12. The van der Waals surface area contributed by atoms with Crippen LogP contribution in [-0.4, -0.2) is 25.1 Å². The third-order valence-electron chi connectivity index (χ3n) is 2.45. The molecular formula is C14H20N2O3. The molecule has 2 amide bonds. The molecule has 5 heteroatoms. The molecule has 0 saturated heterocycles. The van der Waals surface area contributed by atoms with Gasteiger partial charge in [0, 0.05) is 6.54 Å². The topological polar surface area (TPSA) is 67.4 Å². The largest absolute Gasteiger partial charge is 0.460 e. The molecule has 5 nitrogen and oxygen atoms in total. The molecule has 0 saturated carbocycles. The maximum absolute atomic E-state index is 11.4. The van der Waals surface area contributed by atoms with Gasteiger partial charge in [-0.1, -0.05) is 43.7 Å².